The van der Waals surface area contributed by atoms with Gasteiger partial charge < -0.3 is 9.80 Å². The lowest BCUT2D eigenvalue weighted by Gasteiger charge is -2.36. The molecular weight excluding hydrogens is 417 g/mol. The molecule has 1 aliphatic heterocycles. The van der Waals surface area contributed by atoms with Crippen LogP contribution in [0.15, 0.2) is 53.4 Å². The summed E-state index contributed by atoms with van der Waals surface area (Å²) in [4.78, 5) is 16.8. The van der Waals surface area contributed by atoms with Crippen molar-refractivity contribution < 1.29 is 17.6 Å². The first kappa shape index (κ1) is 23.2. The van der Waals surface area contributed by atoms with Crippen LogP contribution in [0.2, 0.25) is 0 Å². The van der Waals surface area contributed by atoms with Crippen LogP contribution >= 0.6 is 0 Å². The van der Waals surface area contributed by atoms with Crippen LogP contribution < -0.4 is 9.62 Å². The van der Waals surface area contributed by atoms with Crippen LogP contribution in [0.3, 0.4) is 0 Å². The molecule has 1 aliphatic rings. The van der Waals surface area contributed by atoms with E-state index in [1.54, 1.807) is 57.2 Å². The summed E-state index contributed by atoms with van der Waals surface area (Å²) in [7, 11) is -3.56. The number of nitrogens with zero attached hydrogens (tertiary/aromatic N) is 2. The molecule has 0 unspecified atom stereocenters. The van der Waals surface area contributed by atoms with Gasteiger partial charge in [-0.1, -0.05) is 12.1 Å². The number of anilines is 1. The van der Waals surface area contributed by atoms with Crippen molar-refractivity contribution >= 4 is 21.6 Å². The van der Waals surface area contributed by atoms with Crippen LogP contribution in [0.4, 0.5) is 10.1 Å². The smallest absolute Gasteiger partial charge is 0.241 e. The second-order valence-corrected chi connectivity index (χ2v) is 10.5. The Morgan fingerprint density at radius 2 is 1.55 bits per heavy atom. The molecule has 0 atom stereocenters. The molecule has 1 saturated heterocycles. The zero-order valence-corrected chi connectivity index (χ0v) is 19.1. The summed E-state index contributed by atoms with van der Waals surface area (Å²) in [5.41, 5.74) is 1.34. The molecule has 1 amide bonds. The van der Waals surface area contributed by atoms with Gasteiger partial charge in [-0.3, -0.25) is 4.79 Å². The highest BCUT2D eigenvalue weighted by atomic mass is 32.2. The van der Waals surface area contributed by atoms with Crippen molar-refractivity contribution in [2.24, 2.45) is 0 Å². The van der Waals surface area contributed by atoms with E-state index in [2.05, 4.69) is 9.62 Å². The van der Waals surface area contributed by atoms with E-state index in [-0.39, 0.29) is 16.6 Å². The number of halogens is 1. The number of amides is 1. The van der Waals surface area contributed by atoms with Gasteiger partial charge in [0.15, 0.2) is 0 Å². The Morgan fingerprint density at radius 3 is 2.10 bits per heavy atom. The van der Waals surface area contributed by atoms with Gasteiger partial charge in [-0.25, -0.2) is 17.5 Å². The molecule has 0 spiro atoms. The summed E-state index contributed by atoms with van der Waals surface area (Å²) in [5, 5.41) is 0. The number of benzene rings is 2. The average molecular weight is 448 g/mol. The van der Waals surface area contributed by atoms with Crippen molar-refractivity contribution in [1.82, 2.24) is 9.62 Å². The van der Waals surface area contributed by atoms with Gasteiger partial charge in [0.2, 0.25) is 15.9 Å². The van der Waals surface area contributed by atoms with E-state index in [0.29, 0.717) is 39.0 Å². The summed E-state index contributed by atoms with van der Waals surface area (Å²) in [5.74, 6) is -0.168. The van der Waals surface area contributed by atoms with Crippen molar-refractivity contribution in [2.45, 2.75) is 44.0 Å². The SMILES string of the molecule is CC(C)(C)NS(=O)(=O)c1ccc(CCC(=O)N2CCN(c3ccc(F)cc3)CC2)cc1. The molecule has 8 heteroatoms. The molecule has 0 radical (unpaired) electrons. The maximum atomic E-state index is 13.1. The fourth-order valence-electron chi connectivity index (χ4n) is 3.57. The highest BCUT2D eigenvalue weighted by molar-refractivity contribution is 7.89. The Labute approximate surface area is 184 Å². The lowest BCUT2D eigenvalue weighted by atomic mass is 10.1. The number of piperazine rings is 1. The molecule has 1 N–H and O–H groups in total. The quantitative estimate of drug-likeness (QED) is 0.739. The van der Waals surface area contributed by atoms with E-state index in [0.717, 1.165) is 11.3 Å². The van der Waals surface area contributed by atoms with Gasteiger partial charge in [0.05, 0.1) is 4.90 Å². The van der Waals surface area contributed by atoms with E-state index in [9.17, 15) is 17.6 Å². The van der Waals surface area contributed by atoms with Gasteiger partial charge in [0.1, 0.15) is 5.82 Å². The van der Waals surface area contributed by atoms with Gasteiger partial charge in [-0.15, -0.1) is 0 Å². The normalized spacial score (nSPS) is 15.2. The molecule has 31 heavy (non-hydrogen) atoms. The maximum absolute atomic E-state index is 13.1. The van der Waals surface area contributed by atoms with Crippen LogP contribution in [0.1, 0.15) is 32.8 Å². The molecule has 0 aromatic heterocycles. The number of aryl methyl sites for hydroxylation is 1. The van der Waals surface area contributed by atoms with Gasteiger partial charge >= 0.3 is 0 Å². The summed E-state index contributed by atoms with van der Waals surface area (Å²) in [6.07, 6.45) is 0.937. The van der Waals surface area contributed by atoms with E-state index < -0.39 is 15.6 Å². The predicted octanol–water partition coefficient (Wildman–Crippen LogP) is 3.18. The monoisotopic (exact) mass is 447 g/mol. The molecule has 1 fully saturated rings. The fourth-order valence-corrected chi connectivity index (χ4v) is 4.99. The Bertz CT molecular complexity index is 992. The van der Waals surface area contributed by atoms with Gasteiger partial charge in [-0.05, 0) is 69.2 Å². The van der Waals surface area contributed by atoms with Crippen molar-refractivity contribution in [2.75, 3.05) is 31.1 Å². The summed E-state index contributed by atoms with van der Waals surface area (Å²) in [6.45, 7) is 8.07. The van der Waals surface area contributed by atoms with Crippen molar-refractivity contribution in [3.05, 3.63) is 59.9 Å². The Kier molecular flexibility index (Phi) is 7.01. The number of hydrogen-bond donors (Lipinski definition) is 1. The summed E-state index contributed by atoms with van der Waals surface area (Å²) < 4.78 is 40.5. The molecule has 1 heterocycles. The molecule has 6 nitrogen and oxygen atoms in total. The standard InChI is InChI=1S/C23H30FN3O3S/c1-23(2,3)25-31(29,30)21-11-4-18(5-12-21)6-13-22(28)27-16-14-26(15-17-27)20-9-7-19(24)8-10-20/h4-5,7-12,25H,6,13-17H2,1-3H3. The van der Waals surface area contributed by atoms with Gasteiger partial charge in [0, 0.05) is 43.8 Å². The third-order valence-corrected chi connectivity index (χ3v) is 6.90. The van der Waals surface area contributed by atoms with E-state index in [1.807, 2.05) is 4.90 Å². The largest absolute Gasteiger partial charge is 0.368 e. The van der Waals surface area contributed by atoms with Gasteiger partial charge in [0.25, 0.3) is 0 Å². The number of rotatable bonds is 6. The molecular formula is C23H30FN3O3S. The number of carbonyl (C=O) groups is 1. The third-order valence-electron chi connectivity index (χ3n) is 5.13. The first-order valence-corrected chi connectivity index (χ1v) is 11.9. The maximum Gasteiger partial charge on any atom is 0.241 e. The fraction of sp³-hybridized carbons (Fsp3) is 0.435. The lowest BCUT2D eigenvalue weighted by molar-refractivity contribution is -0.131. The highest BCUT2D eigenvalue weighted by Gasteiger charge is 2.23. The second-order valence-electron chi connectivity index (χ2n) is 8.84. The van der Waals surface area contributed by atoms with E-state index in [4.69, 9.17) is 0 Å². The molecule has 2 aromatic carbocycles. The Hall–Kier alpha value is -2.45. The topological polar surface area (TPSA) is 69.7 Å². The van der Waals surface area contributed by atoms with Crippen LogP contribution in [-0.2, 0) is 21.2 Å². The van der Waals surface area contributed by atoms with E-state index in [1.165, 1.54) is 12.1 Å². The first-order valence-electron chi connectivity index (χ1n) is 10.4. The number of hydrogen-bond acceptors (Lipinski definition) is 4. The molecule has 0 aliphatic carbocycles. The number of sulfonamides is 1. The molecule has 0 bridgehead atoms. The zero-order valence-electron chi connectivity index (χ0n) is 18.3. The molecule has 2 aromatic rings. The van der Waals surface area contributed by atoms with Crippen LogP contribution in [0.5, 0.6) is 0 Å². The first-order chi connectivity index (χ1) is 14.5. The van der Waals surface area contributed by atoms with Crippen LogP contribution in [0, 0.1) is 5.82 Å². The van der Waals surface area contributed by atoms with E-state index >= 15 is 0 Å². The minimum absolute atomic E-state index is 0.0878. The minimum atomic E-state index is -3.56. The van der Waals surface area contributed by atoms with Crippen molar-refractivity contribution in [1.29, 1.82) is 0 Å². The Morgan fingerprint density at radius 1 is 0.968 bits per heavy atom. The van der Waals surface area contributed by atoms with Gasteiger partial charge in [-0.2, -0.15) is 0 Å². The highest BCUT2D eigenvalue weighted by Crippen LogP contribution is 2.18. The third kappa shape index (κ3) is 6.51. The summed E-state index contributed by atoms with van der Waals surface area (Å²) in [6, 6.07) is 13.1. The second kappa shape index (κ2) is 9.36. The number of nitrogens with one attached hydrogen (secondary N) is 1. The average Bonchev–Trinajstić information content (AvgIpc) is 2.71. The lowest BCUT2D eigenvalue weighted by Crippen LogP contribution is -2.48. The van der Waals surface area contributed by atoms with Crippen LogP contribution in [-0.4, -0.2) is 50.9 Å². The molecule has 3 rings (SSSR count). The van der Waals surface area contributed by atoms with Crippen molar-refractivity contribution in [3.63, 3.8) is 0 Å². The van der Waals surface area contributed by atoms with Crippen LogP contribution in [0.25, 0.3) is 0 Å². The van der Waals surface area contributed by atoms with Crippen molar-refractivity contribution in [3.8, 4) is 0 Å². The summed E-state index contributed by atoms with van der Waals surface area (Å²) >= 11 is 0. The Balaban J connectivity index is 1.49. The minimum Gasteiger partial charge on any atom is -0.368 e. The predicted molar refractivity (Wildman–Crippen MR) is 120 cm³/mol. The number of carbonyl (C=O) groups excluding carboxylic acids is 1. The molecule has 0 saturated carbocycles. The zero-order chi connectivity index (χ0) is 22.6. The molecule has 168 valence electrons.